The van der Waals surface area contributed by atoms with E-state index in [0.717, 1.165) is 6.07 Å². The predicted octanol–water partition coefficient (Wildman–Crippen LogP) is 1.50. The molecule has 17 heavy (non-hydrogen) atoms. The first kappa shape index (κ1) is 13.6. The molecule has 0 aliphatic carbocycles. The third-order valence-electron chi connectivity index (χ3n) is 2.29. The Bertz CT molecular complexity index is 407. The van der Waals surface area contributed by atoms with E-state index in [0.29, 0.717) is 6.07 Å². The van der Waals surface area contributed by atoms with Gasteiger partial charge in [0.05, 0.1) is 5.56 Å². The molecule has 0 saturated carbocycles. The quantitative estimate of drug-likeness (QED) is 0.613. The van der Waals surface area contributed by atoms with Crippen molar-refractivity contribution < 1.29 is 28.5 Å². The fourth-order valence-corrected chi connectivity index (χ4v) is 1.44. The van der Waals surface area contributed by atoms with Crippen LogP contribution in [0, 0.1) is 0 Å². The molecule has 0 saturated heterocycles. The maximum Gasteiger partial charge on any atom is 0.416 e. The number of hydrogen-bond donors (Lipinski definition) is 4. The third-order valence-corrected chi connectivity index (χ3v) is 2.29. The van der Waals surface area contributed by atoms with Gasteiger partial charge in [-0.25, -0.2) is 0 Å². The van der Waals surface area contributed by atoms with Crippen LogP contribution in [0.2, 0.25) is 0 Å². The summed E-state index contributed by atoms with van der Waals surface area (Å²) in [5.74, 6) is -1.54. The fourth-order valence-electron chi connectivity index (χ4n) is 1.44. The van der Waals surface area contributed by atoms with Crippen LogP contribution < -0.4 is 5.73 Å². The molecule has 4 nitrogen and oxygen atoms in total. The highest BCUT2D eigenvalue weighted by Gasteiger charge is 2.35. The topological polar surface area (TPSA) is 86.7 Å². The summed E-state index contributed by atoms with van der Waals surface area (Å²) in [6.07, 6.45) is -4.76. The molecule has 1 unspecified atom stereocenters. The van der Waals surface area contributed by atoms with Gasteiger partial charge in [-0.05, 0) is 24.1 Å². The third kappa shape index (κ3) is 3.01. The van der Waals surface area contributed by atoms with Gasteiger partial charge < -0.3 is 21.1 Å². The number of aromatic hydroxyl groups is 2. The fraction of sp³-hybridized carbons (Fsp3) is 0.400. The van der Waals surface area contributed by atoms with Crippen molar-refractivity contribution in [3.8, 4) is 11.5 Å². The molecule has 1 atom stereocenters. The second-order valence-electron chi connectivity index (χ2n) is 3.54. The Kier molecular flexibility index (Phi) is 3.84. The van der Waals surface area contributed by atoms with Crippen LogP contribution in [0.25, 0.3) is 0 Å². The van der Waals surface area contributed by atoms with Crippen molar-refractivity contribution in [3.63, 3.8) is 0 Å². The van der Waals surface area contributed by atoms with Gasteiger partial charge in [-0.3, -0.25) is 0 Å². The van der Waals surface area contributed by atoms with Gasteiger partial charge in [0.25, 0.3) is 0 Å². The lowest BCUT2D eigenvalue weighted by Crippen LogP contribution is -2.18. The molecular formula is C10H12F3NO3. The minimum Gasteiger partial charge on any atom is -0.504 e. The Hall–Kier alpha value is -1.47. The zero-order chi connectivity index (χ0) is 13.2. The summed E-state index contributed by atoms with van der Waals surface area (Å²) in [5.41, 5.74) is 3.99. The van der Waals surface area contributed by atoms with E-state index in [4.69, 9.17) is 15.9 Å². The van der Waals surface area contributed by atoms with E-state index < -0.39 is 29.3 Å². The van der Waals surface area contributed by atoms with Gasteiger partial charge >= 0.3 is 6.18 Å². The average molecular weight is 251 g/mol. The van der Waals surface area contributed by atoms with Crippen molar-refractivity contribution in [2.75, 3.05) is 6.61 Å². The largest absolute Gasteiger partial charge is 0.504 e. The number of rotatable bonds is 3. The van der Waals surface area contributed by atoms with Crippen molar-refractivity contribution in [1.29, 1.82) is 0 Å². The lowest BCUT2D eigenvalue weighted by atomic mass is 9.97. The van der Waals surface area contributed by atoms with Crippen LogP contribution in [-0.4, -0.2) is 21.9 Å². The van der Waals surface area contributed by atoms with Crippen LogP contribution in [0.1, 0.15) is 23.6 Å². The minimum atomic E-state index is -4.69. The van der Waals surface area contributed by atoms with Gasteiger partial charge in [-0.1, -0.05) is 0 Å². The summed E-state index contributed by atoms with van der Waals surface area (Å²) in [4.78, 5) is 0. The number of phenolic OH excluding ortho intramolecular Hbond substituents is 2. The molecule has 5 N–H and O–H groups in total. The van der Waals surface area contributed by atoms with Crippen molar-refractivity contribution in [3.05, 3.63) is 23.3 Å². The van der Waals surface area contributed by atoms with Crippen molar-refractivity contribution >= 4 is 0 Å². The van der Waals surface area contributed by atoms with Gasteiger partial charge in [0, 0.05) is 12.6 Å². The Morgan fingerprint density at radius 3 is 2.18 bits per heavy atom. The number of nitrogens with two attached hydrogens (primary N) is 1. The molecule has 0 aliphatic rings. The second kappa shape index (κ2) is 4.80. The van der Waals surface area contributed by atoms with E-state index >= 15 is 0 Å². The molecule has 7 heteroatoms. The van der Waals surface area contributed by atoms with Gasteiger partial charge in [-0.15, -0.1) is 0 Å². The van der Waals surface area contributed by atoms with Crippen molar-refractivity contribution in [2.45, 2.75) is 18.6 Å². The summed E-state index contributed by atoms with van der Waals surface area (Å²) in [6, 6.07) is 0.114. The number of aliphatic hydroxyl groups is 1. The van der Waals surface area contributed by atoms with Crippen LogP contribution in [0.3, 0.4) is 0 Å². The summed E-state index contributed by atoms with van der Waals surface area (Å²) >= 11 is 0. The minimum absolute atomic E-state index is 0.0761. The van der Waals surface area contributed by atoms with Crippen molar-refractivity contribution in [2.24, 2.45) is 5.73 Å². The number of benzene rings is 1. The predicted molar refractivity (Wildman–Crippen MR) is 53.4 cm³/mol. The van der Waals surface area contributed by atoms with Gasteiger partial charge in [-0.2, -0.15) is 13.2 Å². The summed E-state index contributed by atoms with van der Waals surface area (Å²) in [6.45, 7) is -0.375. The maximum atomic E-state index is 12.6. The Morgan fingerprint density at radius 2 is 1.71 bits per heavy atom. The standard InChI is InChI=1S/C10H12F3NO3/c11-10(12,13)6-4-9(17)8(16)3-5(6)7(14)1-2-15/h3-4,7,15-17H,1-2,14H2. The van der Waals surface area contributed by atoms with Crippen LogP contribution >= 0.6 is 0 Å². The smallest absolute Gasteiger partial charge is 0.416 e. The first-order valence-electron chi connectivity index (χ1n) is 4.77. The molecule has 0 amide bonds. The highest BCUT2D eigenvalue weighted by atomic mass is 19.4. The van der Waals surface area contributed by atoms with E-state index in [2.05, 4.69) is 0 Å². The number of aliphatic hydroxyl groups excluding tert-OH is 1. The lowest BCUT2D eigenvalue weighted by molar-refractivity contribution is -0.138. The molecule has 0 fully saturated rings. The molecule has 0 spiro atoms. The highest BCUT2D eigenvalue weighted by Crippen LogP contribution is 2.40. The average Bonchev–Trinajstić information content (AvgIpc) is 2.20. The zero-order valence-corrected chi connectivity index (χ0v) is 8.70. The first-order chi connectivity index (χ1) is 7.77. The Morgan fingerprint density at radius 1 is 1.18 bits per heavy atom. The lowest BCUT2D eigenvalue weighted by Gasteiger charge is -2.18. The van der Waals surface area contributed by atoms with E-state index in [1.807, 2.05) is 0 Å². The summed E-state index contributed by atoms with van der Waals surface area (Å²) in [7, 11) is 0. The molecule has 0 aromatic heterocycles. The van der Waals surface area contributed by atoms with Gasteiger partial charge in [0.15, 0.2) is 11.5 Å². The summed E-state index contributed by atoms with van der Waals surface area (Å²) < 4.78 is 37.9. The molecule has 1 rings (SSSR count). The second-order valence-corrected chi connectivity index (χ2v) is 3.54. The molecular weight excluding hydrogens is 239 g/mol. The van der Waals surface area contributed by atoms with Crippen LogP contribution in [0.5, 0.6) is 11.5 Å². The normalized spacial score (nSPS) is 13.7. The molecule has 1 aromatic rings. The van der Waals surface area contributed by atoms with Crippen LogP contribution in [0.15, 0.2) is 12.1 Å². The van der Waals surface area contributed by atoms with Crippen molar-refractivity contribution in [1.82, 2.24) is 0 Å². The van der Waals surface area contributed by atoms with Crippen LogP contribution in [-0.2, 0) is 6.18 Å². The highest BCUT2D eigenvalue weighted by molar-refractivity contribution is 5.47. The summed E-state index contributed by atoms with van der Waals surface area (Å²) in [5, 5.41) is 26.9. The zero-order valence-electron chi connectivity index (χ0n) is 8.70. The van der Waals surface area contributed by atoms with E-state index in [-0.39, 0.29) is 18.6 Å². The number of halogens is 3. The van der Waals surface area contributed by atoms with Gasteiger partial charge in [0.1, 0.15) is 0 Å². The molecule has 0 bridgehead atoms. The van der Waals surface area contributed by atoms with E-state index in [1.54, 1.807) is 0 Å². The number of alkyl halides is 3. The molecule has 96 valence electrons. The number of phenols is 2. The molecule has 0 aliphatic heterocycles. The number of hydrogen-bond acceptors (Lipinski definition) is 4. The van der Waals surface area contributed by atoms with E-state index in [1.165, 1.54) is 0 Å². The first-order valence-corrected chi connectivity index (χ1v) is 4.77. The van der Waals surface area contributed by atoms with Crippen LogP contribution in [0.4, 0.5) is 13.2 Å². The SMILES string of the molecule is NC(CCO)c1cc(O)c(O)cc1C(F)(F)F. The Balaban J connectivity index is 3.31. The monoisotopic (exact) mass is 251 g/mol. The Labute approximate surface area is 95.1 Å². The molecule has 0 heterocycles. The molecule has 0 radical (unpaired) electrons. The maximum absolute atomic E-state index is 12.6. The van der Waals surface area contributed by atoms with E-state index in [9.17, 15) is 18.3 Å². The molecule has 1 aromatic carbocycles. The van der Waals surface area contributed by atoms with Gasteiger partial charge in [0.2, 0.25) is 0 Å².